The van der Waals surface area contributed by atoms with Gasteiger partial charge in [-0.1, -0.05) is 19.9 Å². The number of carbonyl (C=O) groups is 1. The highest BCUT2D eigenvalue weighted by Gasteiger charge is 2.21. The third kappa shape index (κ3) is 6.57. The van der Waals surface area contributed by atoms with Gasteiger partial charge in [0.15, 0.2) is 11.5 Å². The Hall–Kier alpha value is -2.84. The molecule has 168 valence electrons. The molecular weight excluding hydrogens is 416 g/mol. The van der Waals surface area contributed by atoms with Crippen molar-refractivity contribution < 1.29 is 22.7 Å². The molecule has 2 aromatic rings. The van der Waals surface area contributed by atoms with Gasteiger partial charge in [0.1, 0.15) is 0 Å². The lowest BCUT2D eigenvalue weighted by atomic mass is 10.2. The highest BCUT2D eigenvalue weighted by molar-refractivity contribution is 7.89. The van der Waals surface area contributed by atoms with E-state index in [0.717, 1.165) is 5.56 Å². The summed E-state index contributed by atoms with van der Waals surface area (Å²) in [4.78, 5) is 12.4. The molecular formula is C23H30N2O5S. The number of sulfonamides is 1. The first-order chi connectivity index (χ1) is 14.7. The van der Waals surface area contributed by atoms with Crippen molar-refractivity contribution in [3.63, 3.8) is 0 Å². The summed E-state index contributed by atoms with van der Waals surface area (Å²) in [6, 6.07) is 11.5. The van der Waals surface area contributed by atoms with Crippen molar-refractivity contribution >= 4 is 27.7 Å². The minimum Gasteiger partial charge on any atom is -0.493 e. The number of nitrogens with one attached hydrogen (secondary N) is 1. The van der Waals surface area contributed by atoms with Gasteiger partial charge in [-0.3, -0.25) is 4.79 Å². The Morgan fingerprint density at radius 1 is 1.06 bits per heavy atom. The first kappa shape index (κ1) is 24.4. The fraction of sp³-hybridized carbons (Fsp3) is 0.348. The van der Waals surface area contributed by atoms with Crippen LogP contribution in [0.15, 0.2) is 53.4 Å². The van der Waals surface area contributed by atoms with E-state index in [4.69, 9.17) is 9.47 Å². The summed E-state index contributed by atoms with van der Waals surface area (Å²) in [6.07, 6.45) is 3.09. The molecule has 0 aliphatic rings. The van der Waals surface area contributed by atoms with Gasteiger partial charge in [0.05, 0.1) is 18.1 Å². The molecule has 0 bridgehead atoms. The highest BCUT2D eigenvalue weighted by atomic mass is 32.2. The van der Waals surface area contributed by atoms with Gasteiger partial charge in [-0.25, -0.2) is 8.42 Å². The van der Waals surface area contributed by atoms with Gasteiger partial charge in [0.25, 0.3) is 0 Å². The monoisotopic (exact) mass is 446 g/mol. The van der Waals surface area contributed by atoms with Gasteiger partial charge < -0.3 is 14.8 Å². The maximum atomic E-state index is 12.5. The van der Waals surface area contributed by atoms with Crippen LogP contribution in [0, 0.1) is 0 Å². The number of hydrogen-bond acceptors (Lipinski definition) is 5. The van der Waals surface area contributed by atoms with Crippen molar-refractivity contribution in [3.05, 3.63) is 54.1 Å². The second-order valence-electron chi connectivity index (χ2n) is 7.01. The predicted molar refractivity (Wildman–Crippen MR) is 123 cm³/mol. The molecule has 0 radical (unpaired) electrons. The third-order valence-electron chi connectivity index (χ3n) is 4.44. The van der Waals surface area contributed by atoms with Crippen molar-refractivity contribution in [3.8, 4) is 11.5 Å². The lowest BCUT2D eigenvalue weighted by molar-refractivity contribution is -0.111. The molecule has 0 heterocycles. The quantitative estimate of drug-likeness (QED) is 0.554. The summed E-state index contributed by atoms with van der Waals surface area (Å²) in [5, 5.41) is 2.72. The second-order valence-corrected chi connectivity index (χ2v) is 8.95. The number of anilines is 1. The molecule has 0 fully saturated rings. The largest absolute Gasteiger partial charge is 0.493 e. The molecule has 1 amide bonds. The maximum absolute atomic E-state index is 12.5. The first-order valence-corrected chi connectivity index (χ1v) is 11.6. The molecule has 0 aromatic heterocycles. The minimum atomic E-state index is -3.53. The molecule has 31 heavy (non-hydrogen) atoms. The fourth-order valence-electron chi connectivity index (χ4n) is 2.92. The van der Waals surface area contributed by atoms with Gasteiger partial charge >= 0.3 is 0 Å². The summed E-state index contributed by atoms with van der Waals surface area (Å²) in [5.41, 5.74) is 1.29. The van der Waals surface area contributed by atoms with Gasteiger partial charge in [-0.2, -0.15) is 4.31 Å². The highest BCUT2D eigenvalue weighted by Crippen LogP contribution is 2.29. The number of amides is 1. The Morgan fingerprint density at radius 3 is 2.26 bits per heavy atom. The Morgan fingerprint density at radius 2 is 1.71 bits per heavy atom. The average Bonchev–Trinajstić information content (AvgIpc) is 2.73. The smallest absolute Gasteiger partial charge is 0.248 e. The zero-order valence-corrected chi connectivity index (χ0v) is 19.4. The zero-order valence-electron chi connectivity index (χ0n) is 18.6. The van der Waals surface area contributed by atoms with Crippen molar-refractivity contribution in [1.29, 1.82) is 0 Å². The van der Waals surface area contributed by atoms with Crippen LogP contribution in [0.1, 0.15) is 33.3 Å². The molecule has 8 heteroatoms. The Kier molecular flexibility index (Phi) is 8.65. The van der Waals surface area contributed by atoms with Crippen molar-refractivity contribution in [2.24, 2.45) is 0 Å². The van der Waals surface area contributed by atoms with Crippen LogP contribution in [0.4, 0.5) is 5.69 Å². The Labute approximate surface area is 184 Å². The van der Waals surface area contributed by atoms with E-state index in [1.165, 1.54) is 22.5 Å². The molecule has 2 aromatic carbocycles. The van der Waals surface area contributed by atoms with E-state index in [2.05, 4.69) is 5.32 Å². The van der Waals surface area contributed by atoms with Gasteiger partial charge in [-0.15, -0.1) is 0 Å². The number of carbonyl (C=O) groups excluding carboxylic acids is 1. The Bertz CT molecular complexity index is 1010. The molecule has 0 atom stereocenters. The van der Waals surface area contributed by atoms with Crippen LogP contribution in [0.3, 0.4) is 0 Å². The topological polar surface area (TPSA) is 84.9 Å². The lowest BCUT2D eigenvalue weighted by Crippen LogP contribution is -2.30. The maximum Gasteiger partial charge on any atom is 0.248 e. The summed E-state index contributed by atoms with van der Waals surface area (Å²) in [6.45, 7) is 8.26. The molecule has 0 aliphatic heterocycles. The van der Waals surface area contributed by atoms with Crippen LogP contribution in [-0.4, -0.2) is 44.9 Å². The molecule has 7 nitrogen and oxygen atoms in total. The van der Waals surface area contributed by atoms with Crippen molar-refractivity contribution in [2.75, 3.05) is 25.5 Å². The van der Waals surface area contributed by atoms with E-state index in [-0.39, 0.29) is 16.9 Å². The second kappa shape index (κ2) is 11.0. The normalized spacial score (nSPS) is 11.8. The average molecular weight is 447 g/mol. The summed E-state index contributed by atoms with van der Waals surface area (Å²) in [5.74, 6) is 0.890. The van der Waals surface area contributed by atoms with E-state index in [1.807, 2.05) is 19.9 Å². The summed E-state index contributed by atoms with van der Waals surface area (Å²) in [7, 11) is -1.96. The molecule has 0 saturated heterocycles. The molecule has 1 N–H and O–H groups in total. The van der Waals surface area contributed by atoms with E-state index in [1.54, 1.807) is 51.3 Å². The SMILES string of the molecule is CCN(CC)S(=O)(=O)c1ccc(NC(=O)/C=C/c2ccc(OC(C)C)c(OC)c2)cc1. The van der Waals surface area contributed by atoms with Crippen LogP contribution in [0.5, 0.6) is 11.5 Å². The zero-order chi connectivity index (χ0) is 23.0. The van der Waals surface area contributed by atoms with E-state index >= 15 is 0 Å². The molecule has 0 unspecified atom stereocenters. The molecule has 0 spiro atoms. The number of nitrogens with zero attached hydrogens (tertiary/aromatic N) is 1. The number of benzene rings is 2. The fourth-order valence-corrected chi connectivity index (χ4v) is 4.38. The lowest BCUT2D eigenvalue weighted by Gasteiger charge is -2.18. The Balaban J connectivity index is 2.07. The number of ether oxygens (including phenoxy) is 2. The van der Waals surface area contributed by atoms with Crippen LogP contribution in [0.2, 0.25) is 0 Å². The van der Waals surface area contributed by atoms with Crippen LogP contribution in [-0.2, 0) is 14.8 Å². The number of rotatable bonds is 10. The first-order valence-electron chi connectivity index (χ1n) is 10.1. The van der Waals surface area contributed by atoms with Crippen molar-refractivity contribution in [1.82, 2.24) is 4.31 Å². The third-order valence-corrected chi connectivity index (χ3v) is 6.51. The minimum absolute atomic E-state index is 0.0227. The summed E-state index contributed by atoms with van der Waals surface area (Å²) < 4.78 is 37.5. The van der Waals surface area contributed by atoms with Crippen LogP contribution in [0.25, 0.3) is 6.08 Å². The van der Waals surface area contributed by atoms with E-state index in [9.17, 15) is 13.2 Å². The summed E-state index contributed by atoms with van der Waals surface area (Å²) >= 11 is 0. The van der Waals surface area contributed by atoms with Crippen molar-refractivity contribution in [2.45, 2.75) is 38.7 Å². The van der Waals surface area contributed by atoms with Gasteiger partial charge in [0.2, 0.25) is 15.9 Å². The van der Waals surface area contributed by atoms with Gasteiger partial charge in [0, 0.05) is 24.9 Å². The van der Waals surface area contributed by atoms with Crippen LogP contribution < -0.4 is 14.8 Å². The van der Waals surface area contributed by atoms with E-state index < -0.39 is 10.0 Å². The van der Waals surface area contributed by atoms with Gasteiger partial charge in [-0.05, 0) is 61.9 Å². The molecule has 2 rings (SSSR count). The molecule has 0 saturated carbocycles. The standard InChI is InChI=1S/C23H30N2O5S/c1-6-25(7-2)31(27,28)20-12-10-19(11-13-20)24-23(26)15-9-18-8-14-21(30-17(3)4)22(16-18)29-5/h8-17H,6-7H2,1-5H3,(H,24,26)/b15-9+. The van der Waals surface area contributed by atoms with E-state index in [0.29, 0.717) is 30.3 Å². The number of hydrogen-bond donors (Lipinski definition) is 1. The van der Waals surface area contributed by atoms with Crippen LogP contribution >= 0.6 is 0 Å². The number of methoxy groups -OCH3 is 1. The predicted octanol–water partition coefficient (Wildman–Crippen LogP) is 4.16. The molecule has 0 aliphatic carbocycles.